The third-order valence-electron chi connectivity index (χ3n) is 4.87. The number of likely N-dealkylation sites (tertiary alicyclic amines) is 1. The molecular formula is C16H26ClN3O3S2. The number of sulfonamides is 1. The fourth-order valence-corrected chi connectivity index (χ4v) is 6.50. The molecule has 0 aromatic carbocycles. The minimum Gasteiger partial charge on any atom is -0.341 e. The normalized spacial score (nSPS) is 24.9. The number of nitrogens with zero attached hydrogens (tertiary/aromatic N) is 2. The van der Waals surface area contributed by atoms with Crippen molar-refractivity contribution in [2.75, 3.05) is 33.2 Å². The van der Waals surface area contributed by atoms with Crippen molar-refractivity contribution >= 4 is 39.7 Å². The monoisotopic (exact) mass is 407 g/mol. The predicted molar refractivity (Wildman–Crippen MR) is 102 cm³/mol. The number of hydrogen-bond acceptors (Lipinski definition) is 5. The first kappa shape index (κ1) is 20.6. The average molecular weight is 408 g/mol. The predicted octanol–water partition coefficient (Wildman–Crippen LogP) is 1.78. The number of thiophene rings is 1. The van der Waals surface area contributed by atoms with Crippen molar-refractivity contribution in [1.29, 1.82) is 0 Å². The molecule has 2 aliphatic heterocycles. The molecule has 0 bridgehead atoms. The van der Waals surface area contributed by atoms with Crippen LogP contribution in [-0.4, -0.2) is 62.8 Å². The lowest BCUT2D eigenvalue weighted by molar-refractivity contribution is -0.136. The lowest BCUT2D eigenvalue weighted by atomic mass is 9.97. The van der Waals surface area contributed by atoms with Gasteiger partial charge < -0.3 is 10.2 Å². The van der Waals surface area contributed by atoms with E-state index < -0.39 is 16.1 Å². The molecule has 1 N–H and O–H groups in total. The maximum Gasteiger partial charge on any atom is 0.253 e. The van der Waals surface area contributed by atoms with Gasteiger partial charge in [0, 0.05) is 19.6 Å². The molecule has 6 nitrogen and oxygen atoms in total. The second-order valence-electron chi connectivity index (χ2n) is 6.56. The van der Waals surface area contributed by atoms with Crippen molar-refractivity contribution in [1.82, 2.24) is 14.5 Å². The van der Waals surface area contributed by atoms with Crippen molar-refractivity contribution in [3.8, 4) is 0 Å². The summed E-state index contributed by atoms with van der Waals surface area (Å²) >= 11 is 1.21. The van der Waals surface area contributed by atoms with Gasteiger partial charge >= 0.3 is 0 Å². The van der Waals surface area contributed by atoms with Crippen molar-refractivity contribution in [3.63, 3.8) is 0 Å². The fourth-order valence-electron chi connectivity index (χ4n) is 3.73. The first-order valence-corrected chi connectivity index (χ1v) is 10.8. The van der Waals surface area contributed by atoms with Crippen molar-refractivity contribution in [2.24, 2.45) is 5.92 Å². The molecule has 0 aliphatic carbocycles. The van der Waals surface area contributed by atoms with E-state index in [0.717, 1.165) is 38.9 Å². The molecular weight excluding hydrogens is 382 g/mol. The van der Waals surface area contributed by atoms with Crippen molar-refractivity contribution in [2.45, 2.75) is 35.9 Å². The molecule has 2 atom stereocenters. The summed E-state index contributed by atoms with van der Waals surface area (Å²) in [4.78, 5) is 14.9. The van der Waals surface area contributed by atoms with Crippen LogP contribution in [0, 0.1) is 5.92 Å². The van der Waals surface area contributed by atoms with Crippen molar-refractivity contribution in [3.05, 3.63) is 17.5 Å². The highest BCUT2D eigenvalue weighted by Crippen LogP contribution is 2.30. The lowest BCUT2D eigenvalue weighted by Gasteiger charge is -2.35. The Bertz CT molecular complexity index is 664. The fraction of sp³-hybridized carbons (Fsp3) is 0.688. The van der Waals surface area contributed by atoms with E-state index in [1.165, 1.54) is 15.6 Å². The number of carbonyl (C=O) groups is 1. The van der Waals surface area contributed by atoms with Crippen LogP contribution in [0.1, 0.15) is 25.7 Å². The number of carbonyl (C=O) groups excluding carboxylic acids is 1. The highest BCUT2D eigenvalue weighted by molar-refractivity contribution is 7.91. The molecule has 3 heterocycles. The Kier molecular flexibility index (Phi) is 7.28. The van der Waals surface area contributed by atoms with E-state index >= 15 is 0 Å². The molecule has 0 spiro atoms. The van der Waals surface area contributed by atoms with E-state index in [0.29, 0.717) is 23.1 Å². The third-order valence-corrected chi connectivity index (χ3v) is 8.15. The minimum absolute atomic E-state index is 0. The molecule has 2 unspecified atom stereocenters. The van der Waals surface area contributed by atoms with Gasteiger partial charge in [-0.05, 0) is 56.6 Å². The molecule has 1 amide bonds. The van der Waals surface area contributed by atoms with Gasteiger partial charge in [0.15, 0.2) is 0 Å². The third kappa shape index (κ3) is 4.36. The van der Waals surface area contributed by atoms with Crippen LogP contribution in [-0.2, 0) is 14.8 Å². The molecule has 0 saturated carbocycles. The second kappa shape index (κ2) is 8.81. The zero-order chi connectivity index (χ0) is 17.2. The summed E-state index contributed by atoms with van der Waals surface area (Å²) in [5.41, 5.74) is 0. The summed E-state index contributed by atoms with van der Waals surface area (Å²) in [7, 11) is -1.64. The number of nitrogens with one attached hydrogen (secondary N) is 1. The van der Waals surface area contributed by atoms with E-state index in [-0.39, 0.29) is 18.3 Å². The van der Waals surface area contributed by atoms with E-state index in [1.54, 1.807) is 17.5 Å². The van der Waals surface area contributed by atoms with Crippen LogP contribution in [0.15, 0.2) is 21.7 Å². The maximum atomic E-state index is 13.0. The van der Waals surface area contributed by atoms with Crippen LogP contribution < -0.4 is 5.32 Å². The Morgan fingerprint density at radius 1 is 1.32 bits per heavy atom. The van der Waals surface area contributed by atoms with E-state index in [4.69, 9.17) is 0 Å². The van der Waals surface area contributed by atoms with Gasteiger partial charge in [-0.1, -0.05) is 6.07 Å². The average Bonchev–Trinajstić information content (AvgIpc) is 3.26. The summed E-state index contributed by atoms with van der Waals surface area (Å²) in [5, 5.41) is 4.93. The van der Waals surface area contributed by atoms with Gasteiger partial charge in [0.05, 0.1) is 0 Å². The first-order chi connectivity index (χ1) is 11.5. The van der Waals surface area contributed by atoms with E-state index in [2.05, 4.69) is 5.32 Å². The first-order valence-electron chi connectivity index (χ1n) is 8.53. The summed E-state index contributed by atoms with van der Waals surface area (Å²) in [5.74, 6) is 0.435. The maximum absolute atomic E-state index is 13.0. The number of piperidine rings is 1. The Morgan fingerprint density at radius 3 is 2.76 bits per heavy atom. The summed E-state index contributed by atoms with van der Waals surface area (Å²) in [6.45, 7) is 2.79. The smallest absolute Gasteiger partial charge is 0.253 e. The Labute approximate surface area is 160 Å². The minimum atomic E-state index is -3.56. The Hall–Kier alpha value is -0.670. The Morgan fingerprint density at radius 2 is 2.08 bits per heavy atom. The molecule has 3 rings (SSSR count). The van der Waals surface area contributed by atoms with E-state index in [9.17, 15) is 13.2 Å². The molecule has 25 heavy (non-hydrogen) atoms. The molecule has 2 saturated heterocycles. The quantitative estimate of drug-likeness (QED) is 0.807. The Balaban J connectivity index is 0.00000225. The molecule has 142 valence electrons. The standard InChI is InChI=1S/C16H25N3O3S2.ClH/c1-17-11-13-5-2-8-18(12-13)16(20)14-6-3-9-19(14)24(21,22)15-7-4-10-23-15;/h4,7,10,13-14,17H,2-3,5-6,8-9,11-12H2,1H3;1H. The van der Waals surface area contributed by atoms with Gasteiger partial charge in [-0.2, -0.15) is 4.31 Å². The van der Waals surface area contributed by atoms with Gasteiger partial charge in [-0.15, -0.1) is 23.7 Å². The van der Waals surface area contributed by atoms with Gasteiger partial charge in [0.25, 0.3) is 10.0 Å². The van der Waals surface area contributed by atoms with Gasteiger partial charge in [0.1, 0.15) is 10.3 Å². The summed E-state index contributed by atoms with van der Waals surface area (Å²) in [6, 6.07) is 2.81. The van der Waals surface area contributed by atoms with Gasteiger partial charge in [-0.3, -0.25) is 4.79 Å². The van der Waals surface area contributed by atoms with Crippen LogP contribution in [0.25, 0.3) is 0 Å². The van der Waals surface area contributed by atoms with Crippen LogP contribution in [0.5, 0.6) is 0 Å². The van der Waals surface area contributed by atoms with Gasteiger partial charge in [0.2, 0.25) is 5.91 Å². The van der Waals surface area contributed by atoms with Gasteiger partial charge in [-0.25, -0.2) is 8.42 Å². The summed E-state index contributed by atoms with van der Waals surface area (Å²) in [6.07, 6.45) is 3.47. The molecule has 1 aromatic heterocycles. The number of halogens is 1. The molecule has 2 aliphatic rings. The molecule has 0 radical (unpaired) electrons. The van der Waals surface area contributed by atoms with Crippen LogP contribution in [0.4, 0.5) is 0 Å². The van der Waals surface area contributed by atoms with Crippen LogP contribution in [0.2, 0.25) is 0 Å². The zero-order valence-corrected chi connectivity index (χ0v) is 16.8. The highest BCUT2D eigenvalue weighted by Gasteiger charge is 2.42. The number of hydrogen-bond donors (Lipinski definition) is 1. The zero-order valence-electron chi connectivity index (χ0n) is 14.4. The SMILES string of the molecule is CNCC1CCCN(C(=O)C2CCCN2S(=O)(=O)c2cccs2)C1.Cl. The second-order valence-corrected chi connectivity index (χ2v) is 9.62. The topological polar surface area (TPSA) is 69.7 Å². The molecule has 2 fully saturated rings. The largest absolute Gasteiger partial charge is 0.341 e. The summed E-state index contributed by atoms with van der Waals surface area (Å²) < 4.78 is 27.4. The van der Waals surface area contributed by atoms with E-state index in [1.807, 2.05) is 11.9 Å². The lowest BCUT2D eigenvalue weighted by Crippen LogP contribution is -2.51. The van der Waals surface area contributed by atoms with Crippen LogP contribution in [0.3, 0.4) is 0 Å². The van der Waals surface area contributed by atoms with Crippen molar-refractivity contribution < 1.29 is 13.2 Å². The number of rotatable bonds is 5. The van der Waals surface area contributed by atoms with Crippen LogP contribution >= 0.6 is 23.7 Å². The number of amides is 1. The molecule has 9 heteroatoms. The highest BCUT2D eigenvalue weighted by atomic mass is 35.5. The molecule has 1 aromatic rings.